The van der Waals surface area contributed by atoms with E-state index in [0.29, 0.717) is 6.42 Å². The van der Waals surface area contributed by atoms with Crippen LogP contribution < -0.4 is 4.57 Å². The van der Waals surface area contributed by atoms with Crippen molar-refractivity contribution in [2.75, 3.05) is 0 Å². The summed E-state index contributed by atoms with van der Waals surface area (Å²) in [7, 11) is 0. The molecule has 0 bridgehead atoms. The second kappa shape index (κ2) is 7.56. The summed E-state index contributed by atoms with van der Waals surface area (Å²) in [4.78, 5) is 0. The van der Waals surface area contributed by atoms with Crippen LogP contribution in [0.4, 0.5) is 0 Å². The molecule has 1 N–H and O–H groups in total. The number of aliphatic hydroxyl groups excluding tert-OH is 1. The molecule has 4 nitrogen and oxygen atoms in total. The van der Waals surface area contributed by atoms with Gasteiger partial charge in [-0.2, -0.15) is 4.57 Å². The van der Waals surface area contributed by atoms with Crippen molar-refractivity contribution in [1.29, 1.82) is 0 Å². The van der Waals surface area contributed by atoms with Gasteiger partial charge in [0.05, 0.1) is 10.7 Å². The second-order valence-corrected chi connectivity index (χ2v) is 6.39. The number of hydrogen-bond donors (Lipinski definition) is 1. The molecule has 1 heterocycles. The zero-order valence-electron chi connectivity index (χ0n) is 15.2. The molecule has 4 aromatic rings. The minimum absolute atomic E-state index is 0.597. The van der Waals surface area contributed by atoms with E-state index in [-0.39, 0.29) is 0 Å². The van der Waals surface area contributed by atoms with Gasteiger partial charge in [0, 0.05) is 0 Å². The molecule has 27 heavy (non-hydrogen) atoms. The van der Waals surface area contributed by atoms with Crippen molar-refractivity contribution in [3.05, 3.63) is 96.8 Å². The molecule has 0 fully saturated rings. The smallest absolute Gasteiger partial charge is 0.314 e. The number of hydrogen-bond acceptors (Lipinski definition) is 2. The van der Waals surface area contributed by atoms with Crippen LogP contribution in [0.15, 0.2) is 91.0 Å². The monoisotopic (exact) mass is 356 g/mol. The first-order valence-corrected chi connectivity index (χ1v) is 9.19. The van der Waals surface area contributed by atoms with E-state index in [1.54, 1.807) is 0 Å². The third-order valence-corrected chi connectivity index (χ3v) is 4.58. The fourth-order valence-electron chi connectivity index (χ4n) is 3.23. The first-order valence-electron chi connectivity index (χ1n) is 9.19. The molecule has 4 rings (SSSR count). The third-order valence-electron chi connectivity index (χ3n) is 4.58. The van der Waals surface area contributed by atoms with Crippen LogP contribution in [0.1, 0.15) is 25.3 Å². The summed E-state index contributed by atoms with van der Waals surface area (Å²) in [5.74, 6) is 1.54. The highest BCUT2D eigenvalue weighted by atomic mass is 16.3. The molecule has 0 spiro atoms. The highest BCUT2D eigenvalue weighted by molar-refractivity contribution is 5.53. The molecule has 3 aromatic carbocycles. The summed E-state index contributed by atoms with van der Waals surface area (Å²) in [5.41, 5.74) is 2.90. The van der Waals surface area contributed by atoms with E-state index in [1.165, 1.54) is 0 Å². The number of benzene rings is 3. The minimum Gasteiger partial charge on any atom is -0.382 e. The molecule has 0 amide bonds. The van der Waals surface area contributed by atoms with Gasteiger partial charge in [-0.25, -0.2) is 0 Å². The Morgan fingerprint density at radius 2 is 1.41 bits per heavy atom. The van der Waals surface area contributed by atoms with Crippen LogP contribution in [0.2, 0.25) is 0 Å². The van der Waals surface area contributed by atoms with Crippen molar-refractivity contribution in [2.45, 2.75) is 19.4 Å². The fourth-order valence-corrected chi connectivity index (χ4v) is 3.23. The summed E-state index contributed by atoms with van der Waals surface area (Å²) < 4.78 is 3.90. The van der Waals surface area contributed by atoms with Gasteiger partial charge < -0.3 is 5.11 Å². The molecule has 1 aromatic heterocycles. The predicted molar refractivity (Wildman–Crippen MR) is 106 cm³/mol. The summed E-state index contributed by atoms with van der Waals surface area (Å²) in [6.07, 6.45) is -0.0464. The van der Waals surface area contributed by atoms with Crippen LogP contribution in [0.5, 0.6) is 0 Å². The molecule has 0 aliphatic rings. The maximum absolute atomic E-state index is 10.9. The lowest BCUT2D eigenvalue weighted by molar-refractivity contribution is -0.598. The van der Waals surface area contributed by atoms with E-state index in [2.05, 4.69) is 4.57 Å². The van der Waals surface area contributed by atoms with Crippen LogP contribution in [0.25, 0.3) is 22.8 Å². The fraction of sp³-hybridized carbons (Fsp3) is 0.130. The molecule has 4 heteroatoms. The Hall–Kier alpha value is -3.24. The Morgan fingerprint density at radius 3 is 2.00 bits per heavy atom. The van der Waals surface area contributed by atoms with Gasteiger partial charge in [0.2, 0.25) is 0 Å². The first kappa shape index (κ1) is 17.2. The highest BCUT2D eigenvalue weighted by Gasteiger charge is 2.33. The number of aromatic nitrogens is 3. The lowest BCUT2D eigenvalue weighted by Crippen LogP contribution is -2.38. The van der Waals surface area contributed by atoms with Crippen molar-refractivity contribution in [3.8, 4) is 22.8 Å². The van der Waals surface area contributed by atoms with Crippen molar-refractivity contribution in [1.82, 2.24) is 9.78 Å². The highest BCUT2D eigenvalue weighted by Crippen LogP contribution is 2.24. The van der Waals surface area contributed by atoms with E-state index in [0.717, 1.165) is 28.6 Å². The largest absolute Gasteiger partial charge is 0.382 e. The minimum atomic E-state index is -0.643. The number of nitrogens with zero attached hydrogens (tertiary/aromatic N) is 3. The Balaban J connectivity index is 2.06. The van der Waals surface area contributed by atoms with Gasteiger partial charge in [0.15, 0.2) is 0 Å². The van der Waals surface area contributed by atoms with Crippen LogP contribution in [0, 0.1) is 0 Å². The lowest BCUT2D eigenvalue weighted by atomic mass is 10.2. The SMILES string of the molecule is CCC(O)c1n(-c2ccccc2)nc(-c2ccccc2)[n+]1-c1ccccc1. The van der Waals surface area contributed by atoms with E-state index in [1.807, 2.05) is 103 Å². The average Bonchev–Trinajstić information content (AvgIpc) is 3.16. The van der Waals surface area contributed by atoms with Gasteiger partial charge in [-0.05, 0) is 42.8 Å². The Kier molecular flexibility index (Phi) is 4.81. The number of para-hydroxylation sites is 2. The van der Waals surface area contributed by atoms with Crippen molar-refractivity contribution >= 4 is 0 Å². The van der Waals surface area contributed by atoms with E-state index in [9.17, 15) is 5.11 Å². The van der Waals surface area contributed by atoms with Crippen LogP contribution in [0.3, 0.4) is 0 Å². The lowest BCUT2D eigenvalue weighted by Gasteiger charge is -2.09. The Labute approximate surface area is 159 Å². The average molecular weight is 356 g/mol. The number of rotatable bonds is 5. The third kappa shape index (κ3) is 3.27. The maximum atomic E-state index is 10.9. The molecular formula is C23H22N3O+. The summed E-state index contributed by atoms with van der Waals surface area (Å²) in [6.45, 7) is 1.98. The van der Waals surface area contributed by atoms with Gasteiger partial charge >= 0.3 is 5.82 Å². The summed E-state index contributed by atoms with van der Waals surface area (Å²) >= 11 is 0. The van der Waals surface area contributed by atoms with Crippen molar-refractivity contribution in [3.63, 3.8) is 0 Å². The zero-order valence-corrected chi connectivity index (χ0v) is 15.2. The van der Waals surface area contributed by atoms with Gasteiger partial charge in [0.25, 0.3) is 5.82 Å². The van der Waals surface area contributed by atoms with Crippen LogP contribution >= 0.6 is 0 Å². The number of aliphatic hydroxyl groups is 1. The van der Waals surface area contributed by atoms with Crippen molar-refractivity contribution < 1.29 is 9.67 Å². The molecule has 0 saturated carbocycles. The maximum Gasteiger partial charge on any atom is 0.314 e. The van der Waals surface area contributed by atoms with Crippen LogP contribution in [-0.2, 0) is 0 Å². The second-order valence-electron chi connectivity index (χ2n) is 6.39. The Bertz CT molecular complexity index is 1010. The molecule has 0 radical (unpaired) electrons. The molecule has 0 saturated heterocycles. The molecule has 0 aliphatic heterocycles. The quantitative estimate of drug-likeness (QED) is 0.543. The molecule has 1 atom stereocenters. The topological polar surface area (TPSA) is 41.9 Å². The molecular weight excluding hydrogens is 334 g/mol. The van der Waals surface area contributed by atoms with Gasteiger partial charge in [-0.3, -0.25) is 0 Å². The molecule has 0 aliphatic carbocycles. The normalized spacial score (nSPS) is 12.1. The summed E-state index contributed by atoms with van der Waals surface area (Å²) in [5, 5.41) is 15.8. The first-order chi connectivity index (χ1) is 13.3. The Morgan fingerprint density at radius 1 is 0.852 bits per heavy atom. The van der Waals surface area contributed by atoms with E-state index >= 15 is 0 Å². The molecule has 134 valence electrons. The van der Waals surface area contributed by atoms with Crippen LogP contribution in [-0.4, -0.2) is 14.9 Å². The predicted octanol–water partition coefficient (Wildman–Crippen LogP) is 4.26. The summed E-state index contributed by atoms with van der Waals surface area (Å²) in [6, 6.07) is 30.1. The zero-order chi connectivity index (χ0) is 18.6. The van der Waals surface area contributed by atoms with E-state index < -0.39 is 6.10 Å². The molecule has 1 unspecified atom stereocenters. The van der Waals surface area contributed by atoms with Gasteiger partial charge in [-0.1, -0.05) is 66.2 Å². The standard InChI is InChI=1S/C23H22N3O/c1-2-21(27)23-25(19-14-8-4-9-15-19)22(18-12-6-3-7-13-18)24-26(23)20-16-10-5-11-17-20/h3-17,21,27H,2H2,1H3/q+1. The van der Waals surface area contributed by atoms with Gasteiger partial charge in [0.1, 0.15) is 17.5 Å². The van der Waals surface area contributed by atoms with Crippen molar-refractivity contribution in [2.24, 2.45) is 0 Å². The van der Waals surface area contributed by atoms with E-state index in [4.69, 9.17) is 5.10 Å². The van der Waals surface area contributed by atoms with Gasteiger partial charge in [-0.15, -0.1) is 0 Å².